The highest BCUT2D eigenvalue weighted by molar-refractivity contribution is 7.71. The summed E-state index contributed by atoms with van der Waals surface area (Å²) in [6.45, 7) is 4.11. The van der Waals surface area contributed by atoms with Gasteiger partial charge in [0.25, 0.3) is 0 Å². The lowest BCUT2D eigenvalue weighted by atomic mass is 10.2. The minimum Gasteiger partial charge on any atom is -0.493 e. The summed E-state index contributed by atoms with van der Waals surface area (Å²) >= 11 is 5.54. The van der Waals surface area contributed by atoms with Crippen molar-refractivity contribution < 1.29 is 19.2 Å². The van der Waals surface area contributed by atoms with E-state index in [9.17, 15) is 4.79 Å². The number of amides is 1. The van der Waals surface area contributed by atoms with E-state index >= 15 is 0 Å². The standard InChI is InChI=1S/C18H27N5O3S/c1-5-22-17(9-8-16(19)24)20-23(18(22)27)12-21(2)11-13-6-7-14(25-3)15(10-13)26-4/h6-7,10H,5,8-9,11-12H2,1-4H3,(H2,19,24)/p+1. The molecule has 0 saturated carbocycles. The largest absolute Gasteiger partial charge is 0.493 e. The first kappa shape index (κ1) is 20.9. The summed E-state index contributed by atoms with van der Waals surface area (Å²) in [6, 6.07) is 5.90. The first-order chi connectivity index (χ1) is 12.9. The highest BCUT2D eigenvalue weighted by Crippen LogP contribution is 2.27. The summed E-state index contributed by atoms with van der Waals surface area (Å²) in [7, 11) is 5.32. The van der Waals surface area contributed by atoms with Crippen LogP contribution in [-0.4, -0.2) is 41.5 Å². The van der Waals surface area contributed by atoms with Gasteiger partial charge in [-0.3, -0.25) is 4.79 Å². The molecular formula is C18H28N5O3S+. The van der Waals surface area contributed by atoms with Crippen molar-refractivity contribution in [1.82, 2.24) is 14.3 Å². The van der Waals surface area contributed by atoms with Crippen LogP contribution in [0.1, 0.15) is 24.7 Å². The summed E-state index contributed by atoms with van der Waals surface area (Å²) in [5, 5.41) is 4.60. The molecule has 0 aliphatic carbocycles. The minimum absolute atomic E-state index is 0.264. The van der Waals surface area contributed by atoms with Gasteiger partial charge in [-0.25, -0.2) is 0 Å². The van der Waals surface area contributed by atoms with Crippen LogP contribution in [0.25, 0.3) is 0 Å². The summed E-state index contributed by atoms with van der Waals surface area (Å²) in [6.07, 6.45) is 0.759. The second kappa shape index (κ2) is 9.52. The van der Waals surface area contributed by atoms with Crippen molar-refractivity contribution in [3.05, 3.63) is 34.4 Å². The van der Waals surface area contributed by atoms with E-state index < -0.39 is 0 Å². The van der Waals surface area contributed by atoms with E-state index in [1.807, 2.05) is 34.4 Å². The number of nitrogens with one attached hydrogen (secondary N) is 1. The number of methoxy groups -OCH3 is 2. The van der Waals surface area contributed by atoms with E-state index in [1.165, 1.54) is 4.90 Å². The van der Waals surface area contributed by atoms with Crippen LogP contribution in [0.2, 0.25) is 0 Å². The molecule has 1 heterocycles. The fourth-order valence-corrected chi connectivity index (χ4v) is 3.32. The van der Waals surface area contributed by atoms with Gasteiger partial charge in [-0.15, -0.1) is 0 Å². The van der Waals surface area contributed by atoms with Gasteiger partial charge in [-0.2, -0.15) is 9.78 Å². The highest BCUT2D eigenvalue weighted by atomic mass is 32.1. The average molecular weight is 395 g/mol. The second-order valence-electron chi connectivity index (χ2n) is 6.39. The first-order valence-corrected chi connectivity index (χ1v) is 9.27. The number of carbonyl (C=O) groups excluding carboxylic acids is 1. The Hall–Kier alpha value is -2.39. The molecule has 1 unspecified atom stereocenters. The molecular weight excluding hydrogens is 366 g/mol. The number of rotatable bonds is 10. The smallest absolute Gasteiger partial charge is 0.217 e. The fourth-order valence-electron chi connectivity index (χ4n) is 2.98. The Labute approximate surface area is 164 Å². The molecule has 1 aromatic heterocycles. The Balaban J connectivity index is 2.12. The third kappa shape index (κ3) is 5.30. The Kier molecular flexibility index (Phi) is 7.37. The maximum atomic E-state index is 11.1. The number of hydrogen-bond donors (Lipinski definition) is 2. The molecule has 2 aromatic rings. The Bertz CT molecular complexity index is 846. The van der Waals surface area contributed by atoms with Gasteiger partial charge >= 0.3 is 0 Å². The highest BCUT2D eigenvalue weighted by Gasteiger charge is 2.14. The average Bonchev–Trinajstić information content (AvgIpc) is 2.94. The minimum atomic E-state index is -0.339. The molecule has 0 bridgehead atoms. The first-order valence-electron chi connectivity index (χ1n) is 8.86. The quantitative estimate of drug-likeness (QED) is 0.574. The van der Waals surface area contributed by atoms with Crippen molar-refractivity contribution in [1.29, 1.82) is 0 Å². The molecule has 0 spiro atoms. The van der Waals surface area contributed by atoms with E-state index in [4.69, 9.17) is 27.4 Å². The lowest BCUT2D eigenvalue weighted by Crippen LogP contribution is -3.07. The summed E-state index contributed by atoms with van der Waals surface area (Å²) in [4.78, 5) is 12.3. The van der Waals surface area contributed by atoms with Crippen molar-refractivity contribution in [2.75, 3.05) is 21.3 Å². The Morgan fingerprint density at radius 3 is 2.59 bits per heavy atom. The number of quaternary nitrogens is 1. The molecule has 0 saturated heterocycles. The van der Waals surface area contributed by atoms with Crippen LogP contribution in [0, 0.1) is 4.77 Å². The maximum absolute atomic E-state index is 11.1. The van der Waals surface area contributed by atoms with E-state index in [1.54, 1.807) is 14.2 Å². The van der Waals surface area contributed by atoms with Crippen molar-refractivity contribution in [2.45, 2.75) is 39.5 Å². The fraction of sp³-hybridized carbons (Fsp3) is 0.500. The van der Waals surface area contributed by atoms with E-state index in [-0.39, 0.29) is 12.3 Å². The van der Waals surface area contributed by atoms with Gasteiger partial charge in [-0.1, -0.05) is 0 Å². The number of aromatic nitrogens is 3. The van der Waals surface area contributed by atoms with E-state index in [0.717, 1.165) is 17.9 Å². The van der Waals surface area contributed by atoms with Gasteiger partial charge in [0.2, 0.25) is 10.7 Å². The van der Waals surface area contributed by atoms with Crippen molar-refractivity contribution >= 4 is 18.1 Å². The third-order valence-corrected chi connectivity index (χ3v) is 4.72. The number of aryl methyl sites for hydroxylation is 1. The lowest BCUT2D eigenvalue weighted by molar-refractivity contribution is -0.917. The molecule has 27 heavy (non-hydrogen) atoms. The molecule has 1 aromatic carbocycles. The number of nitrogens with zero attached hydrogens (tertiary/aromatic N) is 3. The Morgan fingerprint density at radius 1 is 1.30 bits per heavy atom. The van der Waals surface area contributed by atoms with E-state index in [0.29, 0.717) is 35.9 Å². The molecule has 8 nitrogen and oxygen atoms in total. The van der Waals surface area contributed by atoms with Gasteiger partial charge in [0.15, 0.2) is 18.2 Å². The third-order valence-electron chi connectivity index (χ3n) is 4.28. The van der Waals surface area contributed by atoms with Crippen molar-refractivity contribution in [2.24, 2.45) is 5.73 Å². The van der Waals surface area contributed by atoms with Crippen LogP contribution in [0.15, 0.2) is 18.2 Å². The van der Waals surface area contributed by atoms with Crippen LogP contribution in [0.3, 0.4) is 0 Å². The predicted octanol–water partition coefficient (Wildman–Crippen LogP) is 0.541. The molecule has 1 atom stereocenters. The van der Waals surface area contributed by atoms with E-state index in [2.05, 4.69) is 12.1 Å². The van der Waals surface area contributed by atoms with Crippen LogP contribution < -0.4 is 20.1 Å². The number of carbonyl (C=O) groups is 1. The number of benzene rings is 1. The molecule has 0 aliphatic heterocycles. The molecule has 1 amide bonds. The normalized spacial score (nSPS) is 12.0. The molecule has 148 valence electrons. The summed E-state index contributed by atoms with van der Waals surface area (Å²) in [5.41, 5.74) is 6.38. The Morgan fingerprint density at radius 2 is 2.00 bits per heavy atom. The molecule has 0 fully saturated rings. The molecule has 3 N–H and O–H groups in total. The second-order valence-corrected chi connectivity index (χ2v) is 6.76. The summed E-state index contributed by atoms with van der Waals surface area (Å²) < 4.78 is 15.1. The van der Waals surface area contributed by atoms with Gasteiger partial charge in [0, 0.05) is 24.9 Å². The number of primary amides is 1. The maximum Gasteiger partial charge on any atom is 0.217 e. The van der Waals surface area contributed by atoms with Crippen molar-refractivity contribution in [3.63, 3.8) is 0 Å². The van der Waals surface area contributed by atoms with Gasteiger partial charge in [0.1, 0.15) is 12.4 Å². The lowest BCUT2D eigenvalue weighted by Gasteiger charge is -2.15. The van der Waals surface area contributed by atoms with Crippen molar-refractivity contribution in [3.8, 4) is 11.5 Å². The zero-order valence-corrected chi connectivity index (χ0v) is 17.1. The molecule has 9 heteroatoms. The van der Waals surface area contributed by atoms with Gasteiger partial charge < -0.3 is 24.7 Å². The topological polar surface area (TPSA) is 88.7 Å². The zero-order chi connectivity index (χ0) is 20.0. The predicted molar refractivity (Wildman–Crippen MR) is 104 cm³/mol. The van der Waals surface area contributed by atoms with Crippen LogP contribution in [0.4, 0.5) is 0 Å². The number of hydrogen-bond acceptors (Lipinski definition) is 5. The zero-order valence-electron chi connectivity index (χ0n) is 16.3. The number of nitrogens with two attached hydrogens (primary N) is 1. The van der Waals surface area contributed by atoms with Crippen LogP contribution >= 0.6 is 12.2 Å². The van der Waals surface area contributed by atoms with Crippen LogP contribution in [0.5, 0.6) is 11.5 Å². The summed E-state index contributed by atoms with van der Waals surface area (Å²) in [5.74, 6) is 1.87. The van der Waals surface area contributed by atoms with Gasteiger partial charge in [0.05, 0.1) is 21.3 Å². The monoisotopic (exact) mass is 394 g/mol. The van der Waals surface area contributed by atoms with Crippen LogP contribution in [-0.2, 0) is 31.0 Å². The molecule has 2 rings (SSSR count). The molecule has 0 aliphatic rings. The molecule has 0 radical (unpaired) electrons. The SMILES string of the molecule is CCn1c(CCC(N)=O)nn(C[NH+](C)Cc2ccc(OC)c(OC)c2)c1=S. The van der Waals surface area contributed by atoms with Gasteiger partial charge in [-0.05, 0) is 37.3 Å². The number of ether oxygens (including phenoxy) is 2.